The van der Waals surface area contributed by atoms with Gasteiger partial charge in [0.05, 0.1) is 0 Å². The molecular weight excluding hydrogens is 269 g/mol. The molecule has 0 atom stereocenters. The van der Waals surface area contributed by atoms with Crippen molar-refractivity contribution in [2.24, 2.45) is 0 Å². The van der Waals surface area contributed by atoms with Gasteiger partial charge in [0.2, 0.25) is 5.78 Å². The van der Waals surface area contributed by atoms with Gasteiger partial charge >= 0.3 is 0 Å². The number of aromatic amines is 1. The predicted molar refractivity (Wildman–Crippen MR) is 79.3 cm³/mol. The quantitative estimate of drug-likeness (QED) is 0.738. The molecule has 0 amide bonds. The zero-order valence-corrected chi connectivity index (χ0v) is 11.5. The highest BCUT2D eigenvalue weighted by molar-refractivity contribution is 6.09. The number of hydrogen-bond donors (Lipinski definition) is 1. The molecule has 0 saturated carbocycles. The Bertz CT molecular complexity index is 807. The fourth-order valence-electron chi connectivity index (χ4n) is 2.41. The topological polar surface area (TPSA) is 42.1 Å². The van der Waals surface area contributed by atoms with Crippen LogP contribution in [-0.2, 0) is 0 Å². The van der Waals surface area contributed by atoms with Crippen molar-refractivity contribution < 1.29 is 13.9 Å². The molecule has 0 aliphatic heterocycles. The Morgan fingerprint density at radius 1 is 1.19 bits per heavy atom. The van der Waals surface area contributed by atoms with E-state index in [0.29, 0.717) is 11.3 Å². The van der Waals surface area contributed by atoms with Gasteiger partial charge in [-0.1, -0.05) is 24.3 Å². The average Bonchev–Trinajstić information content (AvgIpc) is 2.81. The zero-order chi connectivity index (χ0) is 14.8. The van der Waals surface area contributed by atoms with Gasteiger partial charge in [0.25, 0.3) is 0 Å². The van der Waals surface area contributed by atoms with Crippen LogP contribution in [0.4, 0.5) is 4.39 Å². The molecule has 1 N–H and O–H groups in total. The molecule has 4 heteroatoms. The van der Waals surface area contributed by atoms with Crippen LogP contribution >= 0.6 is 0 Å². The molecule has 0 radical (unpaired) electrons. The largest absolute Gasteiger partial charge is 0.485 e. The summed E-state index contributed by atoms with van der Waals surface area (Å²) in [6.07, 6.45) is 0. The van der Waals surface area contributed by atoms with Crippen LogP contribution in [0, 0.1) is 12.7 Å². The first-order chi connectivity index (χ1) is 10.1. The highest BCUT2D eigenvalue weighted by Gasteiger charge is 2.16. The van der Waals surface area contributed by atoms with Gasteiger partial charge in [0.1, 0.15) is 11.6 Å². The Morgan fingerprint density at radius 2 is 2.00 bits per heavy atom. The van der Waals surface area contributed by atoms with Gasteiger partial charge in [0, 0.05) is 28.2 Å². The van der Waals surface area contributed by atoms with Crippen molar-refractivity contribution in [1.82, 2.24) is 4.98 Å². The lowest BCUT2D eigenvalue weighted by atomic mass is 10.1. The van der Waals surface area contributed by atoms with Gasteiger partial charge in [0.15, 0.2) is 6.61 Å². The Kier molecular flexibility index (Phi) is 3.44. The van der Waals surface area contributed by atoms with E-state index in [2.05, 4.69) is 4.98 Å². The summed E-state index contributed by atoms with van der Waals surface area (Å²) in [5, 5.41) is 0.878. The molecule has 0 saturated heterocycles. The number of aromatic nitrogens is 1. The number of aryl methyl sites for hydroxylation is 1. The lowest BCUT2D eigenvalue weighted by molar-refractivity contribution is 0.0922. The van der Waals surface area contributed by atoms with E-state index in [9.17, 15) is 9.18 Å². The molecule has 0 unspecified atom stereocenters. The van der Waals surface area contributed by atoms with Crippen molar-refractivity contribution in [2.45, 2.75) is 6.92 Å². The Labute approximate surface area is 121 Å². The number of benzene rings is 2. The number of carbonyl (C=O) groups is 1. The number of rotatable bonds is 4. The maximum Gasteiger partial charge on any atom is 0.202 e. The SMILES string of the molecule is Cc1[nH]c2ccccc2c1C(=O)COc1cccc(F)c1. The standard InChI is InChI=1S/C17H14FNO2/c1-11-17(14-7-2-3-8-15(14)19-11)16(20)10-21-13-6-4-5-12(18)9-13/h2-9,19H,10H2,1H3. The lowest BCUT2D eigenvalue weighted by Gasteiger charge is -2.05. The monoisotopic (exact) mass is 283 g/mol. The molecule has 21 heavy (non-hydrogen) atoms. The highest BCUT2D eigenvalue weighted by Crippen LogP contribution is 2.22. The first-order valence-corrected chi connectivity index (χ1v) is 6.64. The summed E-state index contributed by atoms with van der Waals surface area (Å²) in [5.74, 6) is -0.168. The lowest BCUT2D eigenvalue weighted by Crippen LogP contribution is -2.12. The number of halogens is 1. The molecule has 3 aromatic rings. The minimum absolute atomic E-state index is 0.119. The smallest absolute Gasteiger partial charge is 0.202 e. The second-order valence-corrected chi connectivity index (χ2v) is 4.84. The summed E-state index contributed by atoms with van der Waals surface area (Å²) >= 11 is 0. The number of ether oxygens (including phenoxy) is 1. The Hall–Kier alpha value is -2.62. The molecule has 0 aliphatic rings. The number of nitrogens with one attached hydrogen (secondary N) is 1. The molecule has 0 spiro atoms. The van der Waals surface area contributed by atoms with Crippen LogP contribution in [0.25, 0.3) is 10.9 Å². The summed E-state index contributed by atoms with van der Waals surface area (Å²) in [6.45, 7) is 1.74. The van der Waals surface area contributed by atoms with Gasteiger partial charge in [-0.25, -0.2) is 4.39 Å². The number of para-hydroxylation sites is 1. The predicted octanol–water partition coefficient (Wildman–Crippen LogP) is 3.88. The minimum Gasteiger partial charge on any atom is -0.485 e. The van der Waals surface area contributed by atoms with Crippen LogP contribution in [-0.4, -0.2) is 17.4 Å². The summed E-state index contributed by atoms with van der Waals surface area (Å²) < 4.78 is 18.4. The number of H-pyrrole nitrogens is 1. The maximum atomic E-state index is 13.1. The van der Waals surface area contributed by atoms with E-state index < -0.39 is 0 Å². The van der Waals surface area contributed by atoms with Gasteiger partial charge in [-0.05, 0) is 25.1 Å². The fourth-order valence-corrected chi connectivity index (χ4v) is 2.41. The molecule has 0 fully saturated rings. The second kappa shape index (κ2) is 5.40. The average molecular weight is 283 g/mol. The van der Waals surface area contributed by atoms with Crippen molar-refractivity contribution in [3.8, 4) is 5.75 Å². The van der Waals surface area contributed by atoms with E-state index in [-0.39, 0.29) is 18.2 Å². The minimum atomic E-state index is -0.386. The number of Topliss-reactive ketones (excluding diaryl/α,β-unsaturated/α-hetero) is 1. The third kappa shape index (κ3) is 2.65. The van der Waals surface area contributed by atoms with Crippen molar-refractivity contribution in [3.63, 3.8) is 0 Å². The molecule has 3 nitrogen and oxygen atoms in total. The fraction of sp³-hybridized carbons (Fsp3) is 0.118. The van der Waals surface area contributed by atoms with E-state index in [4.69, 9.17) is 4.74 Å². The highest BCUT2D eigenvalue weighted by atomic mass is 19.1. The van der Waals surface area contributed by atoms with Crippen LogP contribution in [0.1, 0.15) is 16.1 Å². The molecule has 0 bridgehead atoms. The molecule has 3 rings (SSSR count). The Balaban J connectivity index is 1.83. The molecule has 1 heterocycles. The number of hydrogen-bond acceptors (Lipinski definition) is 2. The van der Waals surface area contributed by atoms with E-state index in [1.807, 2.05) is 31.2 Å². The Morgan fingerprint density at radius 3 is 2.81 bits per heavy atom. The van der Waals surface area contributed by atoms with Crippen molar-refractivity contribution in [2.75, 3.05) is 6.61 Å². The van der Waals surface area contributed by atoms with Crippen molar-refractivity contribution >= 4 is 16.7 Å². The summed E-state index contributed by atoms with van der Waals surface area (Å²) in [6, 6.07) is 13.4. The molecule has 1 aromatic heterocycles. The van der Waals surface area contributed by atoms with E-state index in [1.54, 1.807) is 12.1 Å². The van der Waals surface area contributed by atoms with E-state index in [1.165, 1.54) is 12.1 Å². The summed E-state index contributed by atoms with van der Waals surface area (Å²) in [5.41, 5.74) is 2.36. The van der Waals surface area contributed by atoms with Crippen LogP contribution < -0.4 is 4.74 Å². The number of carbonyl (C=O) groups excluding carboxylic acids is 1. The van der Waals surface area contributed by atoms with Crippen LogP contribution in [0.2, 0.25) is 0 Å². The van der Waals surface area contributed by atoms with Crippen molar-refractivity contribution in [3.05, 3.63) is 65.6 Å². The summed E-state index contributed by atoms with van der Waals surface area (Å²) in [4.78, 5) is 15.5. The first kappa shape index (κ1) is 13.4. The van der Waals surface area contributed by atoms with E-state index in [0.717, 1.165) is 16.6 Å². The molecular formula is C17H14FNO2. The molecule has 2 aromatic carbocycles. The second-order valence-electron chi connectivity index (χ2n) is 4.84. The molecule has 0 aliphatic carbocycles. The van der Waals surface area contributed by atoms with Gasteiger partial charge in [-0.3, -0.25) is 4.79 Å². The van der Waals surface area contributed by atoms with Crippen LogP contribution in [0.5, 0.6) is 5.75 Å². The van der Waals surface area contributed by atoms with Gasteiger partial charge in [-0.15, -0.1) is 0 Å². The van der Waals surface area contributed by atoms with Crippen molar-refractivity contribution in [1.29, 1.82) is 0 Å². The van der Waals surface area contributed by atoms with Gasteiger partial charge < -0.3 is 9.72 Å². The maximum absolute atomic E-state index is 13.1. The summed E-state index contributed by atoms with van der Waals surface area (Å²) in [7, 11) is 0. The van der Waals surface area contributed by atoms with Gasteiger partial charge in [-0.2, -0.15) is 0 Å². The number of fused-ring (bicyclic) bond motifs is 1. The van der Waals surface area contributed by atoms with E-state index >= 15 is 0 Å². The third-order valence-corrected chi connectivity index (χ3v) is 3.34. The third-order valence-electron chi connectivity index (χ3n) is 3.34. The molecule has 106 valence electrons. The normalized spacial score (nSPS) is 10.8. The van der Waals surface area contributed by atoms with Crippen LogP contribution in [0.3, 0.4) is 0 Å². The van der Waals surface area contributed by atoms with Crippen LogP contribution in [0.15, 0.2) is 48.5 Å². The zero-order valence-electron chi connectivity index (χ0n) is 11.5. The first-order valence-electron chi connectivity index (χ1n) is 6.64. The number of ketones is 1.